The van der Waals surface area contributed by atoms with Crippen molar-refractivity contribution in [2.75, 3.05) is 6.61 Å². The summed E-state index contributed by atoms with van der Waals surface area (Å²) < 4.78 is 25.3. The Hall–Kier alpha value is -3.72. The van der Waals surface area contributed by atoms with E-state index in [-0.39, 0.29) is 38.1 Å². The summed E-state index contributed by atoms with van der Waals surface area (Å²) >= 11 is 6.27. The predicted octanol–water partition coefficient (Wildman–Crippen LogP) is 4.52. The van der Waals surface area contributed by atoms with Crippen LogP contribution in [-0.4, -0.2) is 47.3 Å². The van der Waals surface area contributed by atoms with Gasteiger partial charge in [0.1, 0.15) is 23.3 Å². The Morgan fingerprint density at radius 3 is 2.51 bits per heavy atom. The van der Waals surface area contributed by atoms with E-state index in [9.17, 15) is 15.5 Å². The zero-order valence-electron chi connectivity index (χ0n) is 23.9. The lowest BCUT2D eigenvalue weighted by Crippen LogP contribution is -2.47. The smallest absolute Gasteiger partial charge is 0.177 e. The van der Waals surface area contributed by atoms with E-state index in [1.165, 1.54) is 18.5 Å². The Labute approximate surface area is 254 Å². The standard InChI is InChI=1S/C32H32ClFN6O3/c1-3-31(42,28-16-39(2)19-38-28)24-10-22-15-40(17-29-36-13-21(12-35)14-37-29)32(30(22)27(34)11-24,23-4-6-25(33)7-5-23)43-18-20-8-26(41)9-20/h4-7,10-11,13-14,16,19-20,26,41-42H,3,8-9,15,17-18H2,1-2H3/t20-,26-,31?,32-/m1/s1. The Kier molecular flexibility index (Phi) is 7.79. The molecule has 0 bridgehead atoms. The number of nitrogens with zero attached hydrogens (tertiary/aromatic N) is 6. The number of aryl methyl sites for hydroxylation is 1. The minimum atomic E-state index is -1.51. The number of imidazole rings is 1. The third kappa shape index (κ3) is 5.22. The number of aliphatic hydroxyl groups is 2. The molecule has 1 aliphatic carbocycles. The number of hydrogen-bond donors (Lipinski definition) is 2. The van der Waals surface area contributed by atoms with Crippen molar-refractivity contribution in [1.82, 2.24) is 24.4 Å². The fourth-order valence-corrected chi connectivity index (χ4v) is 6.32. The maximum Gasteiger partial charge on any atom is 0.177 e. The molecule has 2 aromatic carbocycles. The Balaban J connectivity index is 1.50. The van der Waals surface area contributed by atoms with Crippen molar-refractivity contribution in [2.24, 2.45) is 13.0 Å². The van der Waals surface area contributed by atoms with Crippen LogP contribution in [0.4, 0.5) is 4.39 Å². The van der Waals surface area contributed by atoms with Gasteiger partial charge in [-0.2, -0.15) is 5.26 Å². The van der Waals surface area contributed by atoms with E-state index in [2.05, 4.69) is 15.0 Å². The molecule has 9 nitrogen and oxygen atoms in total. The van der Waals surface area contributed by atoms with Crippen LogP contribution in [-0.2, 0) is 36.2 Å². The summed E-state index contributed by atoms with van der Waals surface area (Å²) in [5.74, 6) is 0.0297. The number of hydrogen-bond acceptors (Lipinski definition) is 8. The van der Waals surface area contributed by atoms with Gasteiger partial charge in [0.25, 0.3) is 0 Å². The molecule has 0 amide bonds. The first-order valence-corrected chi connectivity index (χ1v) is 14.6. The average molecular weight is 603 g/mol. The van der Waals surface area contributed by atoms with Gasteiger partial charge in [0.15, 0.2) is 5.72 Å². The van der Waals surface area contributed by atoms with Crippen molar-refractivity contribution in [2.45, 2.75) is 56.7 Å². The van der Waals surface area contributed by atoms with E-state index >= 15 is 4.39 Å². The first-order chi connectivity index (χ1) is 20.7. The van der Waals surface area contributed by atoms with Gasteiger partial charge in [-0.15, -0.1) is 0 Å². The zero-order valence-corrected chi connectivity index (χ0v) is 24.7. The minimum Gasteiger partial charge on any atom is -0.393 e. The van der Waals surface area contributed by atoms with Gasteiger partial charge in [0.2, 0.25) is 0 Å². The summed E-state index contributed by atoms with van der Waals surface area (Å²) in [6, 6.07) is 12.4. The second-order valence-corrected chi connectivity index (χ2v) is 11.9. The molecular weight excluding hydrogens is 571 g/mol. The van der Waals surface area contributed by atoms with Crippen molar-refractivity contribution in [3.63, 3.8) is 0 Å². The van der Waals surface area contributed by atoms with Crippen LogP contribution in [0.2, 0.25) is 5.02 Å². The van der Waals surface area contributed by atoms with Gasteiger partial charge in [-0.3, -0.25) is 4.90 Å². The highest BCUT2D eigenvalue weighted by Gasteiger charge is 2.51. The molecule has 0 saturated heterocycles. The van der Waals surface area contributed by atoms with E-state index in [4.69, 9.17) is 16.3 Å². The van der Waals surface area contributed by atoms with E-state index in [1.807, 2.05) is 43.1 Å². The second-order valence-electron chi connectivity index (χ2n) is 11.4. The van der Waals surface area contributed by atoms with Crippen LogP contribution in [0.3, 0.4) is 0 Å². The number of aliphatic hydroxyl groups excluding tert-OH is 1. The number of aromatic nitrogens is 4. The summed E-state index contributed by atoms with van der Waals surface area (Å²) in [5, 5.41) is 31.5. The largest absolute Gasteiger partial charge is 0.393 e. The van der Waals surface area contributed by atoms with Crippen molar-refractivity contribution in [3.05, 3.63) is 111 Å². The van der Waals surface area contributed by atoms with Crippen molar-refractivity contribution in [1.29, 1.82) is 5.26 Å². The molecule has 0 spiro atoms. The molecule has 2 N–H and O–H groups in total. The number of ether oxygens (including phenoxy) is 1. The summed E-state index contributed by atoms with van der Waals surface area (Å²) in [6.07, 6.45) is 7.39. The highest BCUT2D eigenvalue weighted by Crippen LogP contribution is 2.49. The quantitative estimate of drug-likeness (QED) is 0.287. The molecule has 6 rings (SSSR count). The van der Waals surface area contributed by atoms with Gasteiger partial charge in [-0.1, -0.05) is 36.7 Å². The van der Waals surface area contributed by atoms with Crippen LogP contribution in [0.15, 0.2) is 61.3 Å². The maximum atomic E-state index is 16.7. The van der Waals surface area contributed by atoms with E-state index in [1.54, 1.807) is 29.2 Å². The first kappa shape index (κ1) is 29.4. The lowest BCUT2D eigenvalue weighted by molar-refractivity contribution is -0.155. The number of halogens is 2. The summed E-state index contributed by atoms with van der Waals surface area (Å²) in [5.41, 5.74) is -0.0633. The lowest BCUT2D eigenvalue weighted by Gasteiger charge is -2.42. The molecule has 1 unspecified atom stereocenters. The molecule has 43 heavy (non-hydrogen) atoms. The van der Waals surface area contributed by atoms with Crippen LogP contribution in [0.5, 0.6) is 0 Å². The molecule has 1 saturated carbocycles. The normalized spacial score (nSPS) is 22.9. The summed E-state index contributed by atoms with van der Waals surface area (Å²) in [6.45, 7) is 2.57. The van der Waals surface area contributed by atoms with Crippen LogP contribution in [0.25, 0.3) is 0 Å². The van der Waals surface area contributed by atoms with Gasteiger partial charge in [-0.05, 0) is 54.5 Å². The number of benzene rings is 2. The molecule has 0 radical (unpaired) electrons. The number of nitriles is 1. The van der Waals surface area contributed by atoms with Crippen molar-refractivity contribution in [3.8, 4) is 6.07 Å². The Bertz CT molecular complexity index is 1670. The maximum absolute atomic E-state index is 16.7. The molecule has 2 aliphatic rings. The van der Waals surface area contributed by atoms with Gasteiger partial charge in [0, 0.05) is 48.3 Å². The lowest BCUT2D eigenvalue weighted by atomic mass is 9.82. The SMILES string of the molecule is CCC(O)(c1cc(F)c2c(c1)CN(Cc1ncc(C#N)cn1)[C@@]2(OC[C@H]1C[C@H](O)C1)c1ccc(Cl)cc1)c1cn(C)cn1. The number of fused-ring (bicyclic) bond motifs is 1. The zero-order chi connectivity index (χ0) is 30.4. The fraction of sp³-hybridized carbons (Fsp3) is 0.375. The highest BCUT2D eigenvalue weighted by molar-refractivity contribution is 6.30. The van der Waals surface area contributed by atoms with Crippen molar-refractivity contribution >= 4 is 11.6 Å². The molecule has 1 fully saturated rings. The van der Waals surface area contributed by atoms with Gasteiger partial charge >= 0.3 is 0 Å². The molecule has 2 aromatic heterocycles. The van der Waals surface area contributed by atoms with Crippen molar-refractivity contribution < 1.29 is 19.3 Å². The van der Waals surface area contributed by atoms with Crippen LogP contribution in [0.1, 0.15) is 65.5 Å². The molecule has 222 valence electrons. The first-order valence-electron chi connectivity index (χ1n) is 14.2. The van der Waals surface area contributed by atoms with Crippen LogP contribution in [0, 0.1) is 23.1 Å². The Morgan fingerprint density at radius 1 is 1.19 bits per heavy atom. The van der Waals surface area contributed by atoms with Crippen LogP contribution >= 0.6 is 11.6 Å². The molecule has 3 heterocycles. The number of rotatable bonds is 9. The molecular formula is C32H32ClFN6O3. The highest BCUT2D eigenvalue weighted by atomic mass is 35.5. The third-order valence-electron chi connectivity index (χ3n) is 8.58. The summed E-state index contributed by atoms with van der Waals surface area (Å²) in [7, 11) is 1.82. The monoisotopic (exact) mass is 602 g/mol. The third-order valence-corrected chi connectivity index (χ3v) is 8.83. The van der Waals surface area contributed by atoms with E-state index in [0.29, 0.717) is 57.2 Å². The molecule has 1 aliphatic heterocycles. The van der Waals surface area contributed by atoms with Gasteiger partial charge in [-0.25, -0.2) is 19.3 Å². The van der Waals surface area contributed by atoms with Gasteiger partial charge < -0.3 is 19.5 Å². The van der Waals surface area contributed by atoms with Crippen LogP contribution < -0.4 is 0 Å². The predicted molar refractivity (Wildman–Crippen MR) is 156 cm³/mol. The Morgan fingerprint density at radius 2 is 1.91 bits per heavy atom. The second kappa shape index (κ2) is 11.4. The topological polar surface area (TPSA) is 120 Å². The van der Waals surface area contributed by atoms with E-state index < -0.39 is 17.1 Å². The van der Waals surface area contributed by atoms with Gasteiger partial charge in [0.05, 0.1) is 36.8 Å². The molecule has 2 atom stereocenters. The molecule has 4 aromatic rings. The minimum absolute atomic E-state index is 0.118. The summed E-state index contributed by atoms with van der Waals surface area (Å²) in [4.78, 5) is 15.1. The average Bonchev–Trinajstić information content (AvgIpc) is 3.57. The molecule has 11 heteroatoms. The fourth-order valence-electron chi connectivity index (χ4n) is 6.20. The van der Waals surface area contributed by atoms with E-state index in [0.717, 1.165) is 0 Å².